The zero-order valence-corrected chi connectivity index (χ0v) is 8.65. The van der Waals surface area contributed by atoms with Gasteiger partial charge in [-0.3, -0.25) is 0 Å². The quantitative estimate of drug-likeness (QED) is 0.739. The number of ether oxygens (including phenoxy) is 1. The largest absolute Gasteiger partial charge is 0.378 e. The normalized spacial score (nSPS) is 9.92. The summed E-state index contributed by atoms with van der Waals surface area (Å²) in [7, 11) is 1.65. The van der Waals surface area contributed by atoms with E-state index in [0.29, 0.717) is 13.0 Å². The Morgan fingerprint density at radius 3 is 2.92 bits per heavy atom. The first kappa shape index (κ1) is 10.2. The number of aryl methyl sites for hydroxylation is 1. The lowest BCUT2D eigenvalue weighted by molar-refractivity contribution is 0.184. The first-order chi connectivity index (χ1) is 6.31. The van der Waals surface area contributed by atoms with E-state index in [-0.39, 0.29) is 0 Å². The fourth-order valence-corrected chi connectivity index (χ4v) is 2.17. The van der Waals surface area contributed by atoms with E-state index in [4.69, 9.17) is 10.00 Å². The van der Waals surface area contributed by atoms with Crippen molar-refractivity contribution in [3.63, 3.8) is 0 Å². The van der Waals surface area contributed by atoms with Gasteiger partial charge in [0.15, 0.2) is 0 Å². The molecular weight excluding hydrogens is 184 g/mol. The highest BCUT2D eigenvalue weighted by molar-refractivity contribution is 7.11. The topological polar surface area (TPSA) is 45.9 Å². The lowest BCUT2D eigenvalue weighted by Crippen LogP contribution is -1.88. The van der Waals surface area contributed by atoms with Gasteiger partial charge >= 0.3 is 0 Å². The first-order valence-electron chi connectivity index (χ1n) is 4.15. The molecule has 4 heteroatoms. The third-order valence-electron chi connectivity index (χ3n) is 1.66. The van der Waals surface area contributed by atoms with Crippen LogP contribution in [0.15, 0.2) is 0 Å². The number of hydrogen-bond acceptors (Lipinski definition) is 4. The highest BCUT2D eigenvalue weighted by Crippen LogP contribution is 2.20. The van der Waals surface area contributed by atoms with Crippen LogP contribution in [0.25, 0.3) is 0 Å². The lowest BCUT2D eigenvalue weighted by atomic mass is 10.2. The van der Waals surface area contributed by atoms with E-state index in [1.54, 1.807) is 18.4 Å². The minimum atomic E-state index is 0.463. The summed E-state index contributed by atoms with van der Waals surface area (Å²) in [6.45, 7) is 2.59. The molecule has 0 saturated heterocycles. The molecule has 0 aromatic carbocycles. The third-order valence-corrected chi connectivity index (χ3v) is 2.74. The molecule has 0 N–H and O–H groups in total. The highest BCUT2D eigenvalue weighted by atomic mass is 32.1. The number of aromatic nitrogens is 1. The molecule has 0 atom stereocenters. The molecule has 3 nitrogen and oxygen atoms in total. The van der Waals surface area contributed by atoms with Crippen molar-refractivity contribution in [3.05, 3.63) is 15.6 Å². The molecule has 0 fully saturated rings. The Bertz CT molecular complexity index is 314. The molecule has 0 bridgehead atoms. The number of rotatable bonds is 4. The highest BCUT2D eigenvalue weighted by Gasteiger charge is 2.08. The molecular formula is C9H12N2OS. The monoisotopic (exact) mass is 196 g/mol. The average Bonchev–Trinajstić information content (AvgIpc) is 2.49. The Hall–Kier alpha value is -0.920. The van der Waals surface area contributed by atoms with Crippen LogP contribution in [0.4, 0.5) is 0 Å². The molecule has 1 rings (SSSR count). The van der Waals surface area contributed by atoms with Crippen LogP contribution in [-0.2, 0) is 24.2 Å². The molecule has 1 heterocycles. The van der Waals surface area contributed by atoms with Crippen molar-refractivity contribution in [2.45, 2.75) is 26.4 Å². The minimum Gasteiger partial charge on any atom is -0.378 e. The summed E-state index contributed by atoms with van der Waals surface area (Å²) in [5.41, 5.74) is 1.04. The zero-order chi connectivity index (χ0) is 9.68. The van der Waals surface area contributed by atoms with Crippen molar-refractivity contribution in [1.29, 1.82) is 5.26 Å². The summed E-state index contributed by atoms with van der Waals surface area (Å²) >= 11 is 1.57. The number of hydrogen-bond donors (Lipinski definition) is 0. The van der Waals surface area contributed by atoms with Crippen LogP contribution in [0.2, 0.25) is 0 Å². The average molecular weight is 196 g/mol. The van der Waals surface area contributed by atoms with Crippen molar-refractivity contribution in [2.24, 2.45) is 0 Å². The van der Waals surface area contributed by atoms with Gasteiger partial charge in [-0.25, -0.2) is 4.98 Å². The molecule has 0 unspecified atom stereocenters. The predicted octanol–water partition coefficient (Wildman–Crippen LogP) is 1.92. The second-order valence-corrected chi connectivity index (χ2v) is 3.77. The molecule has 0 radical (unpaired) electrons. The van der Waals surface area contributed by atoms with E-state index < -0.39 is 0 Å². The second-order valence-electron chi connectivity index (χ2n) is 2.60. The van der Waals surface area contributed by atoms with Crippen LogP contribution < -0.4 is 0 Å². The van der Waals surface area contributed by atoms with E-state index in [9.17, 15) is 0 Å². The standard InChI is InChI=1S/C9H12N2OS/c1-3-7-8(4-5-10)13-9(11-7)6-12-2/h3-4,6H2,1-2H3. The summed E-state index contributed by atoms with van der Waals surface area (Å²) < 4.78 is 4.98. The van der Waals surface area contributed by atoms with E-state index in [0.717, 1.165) is 22.0 Å². The summed E-state index contributed by atoms with van der Waals surface area (Å²) in [5.74, 6) is 0. The Kier molecular flexibility index (Phi) is 3.87. The molecule has 0 aliphatic carbocycles. The van der Waals surface area contributed by atoms with Crippen molar-refractivity contribution in [2.75, 3.05) is 7.11 Å². The second kappa shape index (κ2) is 4.95. The van der Waals surface area contributed by atoms with Gasteiger partial charge in [0.1, 0.15) is 5.01 Å². The minimum absolute atomic E-state index is 0.463. The van der Waals surface area contributed by atoms with Crippen LogP contribution in [0.3, 0.4) is 0 Å². The first-order valence-corrected chi connectivity index (χ1v) is 4.96. The summed E-state index contributed by atoms with van der Waals surface area (Å²) in [6.07, 6.45) is 1.35. The van der Waals surface area contributed by atoms with Gasteiger partial charge in [-0.05, 0) is 6.42 Å². The van der Waals surface area contributed by atoms with Crippen LogP contribution >= 0.6 is 11.3 Å². The van der Waals surface area contributed by atoms with Crippen LogP contribution in [0.5, 0.6) is 0 Å². The maximum Gasteiger partial charge on any atom is 0.119 e. The van der Waals surface area contributed by atoms with E-state index in [2.05, 4.69) is 11.1 Å². The van der Waals surface area contributed by atoms with Gasteiger partial charge < -0.3 is 4.74 Å². The molecule has 70 valence electrons. The van der Waals surface area contributed by atoms with Gasteiger partial charge in [-0.2, -0.15) is 5.26 Å². The zero-order valence-electron chi connectivity index (χ0n) is 7.83. The van der Waals surface area contributed by atoms with Crippen LogP contribution in [0, 0.1) is 11.3 Å². The number of nitriles is 1. The number of thiazole rings is 1. The summed E-state index contributed by atoms with van der Waals surface area (Å²) in [5, 5.41) is 9.54. The fourth-order valence-electron chi connectivity index (χ4n) is 1.11. The molecule has 13 heavy (non-hydrogen) atoms. The fraction of sp³-hybridized carbons (Fsp3) is 0.556. The van der Waals surface area contributed by atoms with Gasteiger partial charge in [-0.15, -0.1) is 11.3 Å². The van der Waals surface area contributed by atoms with Crippen LogP contribution in [-0.4, -0.2) is 12.1 Å². The van der Waals surface area contributed by atoms with Crippen molar-refractivity contribution < 1.29 is 4.74 Å². The van der Waals surface area contributed by atoms with E-state index in [1.807, 2.05) is 6.92 Å². The molecule has 1 aromatic heterocycles. The molecule has 0 saturated carbocycles. The van der Waals surface area contributed by atoms with Gasteiger partial charge in [0, 0.05) is 12.0 Å². The molecule has 0 spiro atoms. The Morgan fingerprint density at radius 1 is 1.62 bits per heavy atom. The number of nitrogens with zero attached hydrogens (tertiary/aromatic N) is 2. The van der Waals surface area contributed by atoms with E-state index in [1.165, 1.54) is 0 Å². The predicted molar refractivity (Wildman–Crippen MR) is 51.5 cm³/mol. The maximum atomic E-state index is 8.58. The van der Waals surface area contributed by atoms with Crippen molar-refractivity contribution in [1.82, 2.24) is 4.98 Å². The summed E-state index contributed by atoms with van der Waals surface area (Å²) in [6, 6.07) is 2.14. The van der Waals surface area contributed by atoms with Crippen molar-refractivity contribution >= 4 is 11.3 Å². The smallest absolute Gasteiger partial charge is 0.119 e. The third kappa shape index (κ3) is 2.51. The van der Waals surface area contributed by atoms with Gasteiger partial charge in [0.2, 0.25) is 0 Å². The summed E-state index contributed by atoms with van der Waals surface area (Å²) in [4.78, 5) is 5.46. The Labute approximate surface area is 82.0 Å². The molecule has 0 aliphatic heterocycles. The molecule has 1 aromatic rings. The van der Waals surface area contributed by atoms with Gasteiger partial charge in [0.05, 0.1) is 24.8 Å². The SMILES string of the molecule is CCc1nc(COC)sc1CC#N. The Morgan fingerprint density at radius 2 is 2.38 bits per heavy atom. The van der Waals surface area contributed by atoms with Gasteiger partial charge in [0.25, 0.3) is 0 Å². The van der Waals surface area contributed by atoms with Gasteiger partial charge in [-0.1, -0.05) is 6.92 Å². The Balaban J connectivity index is 2.85. The van der Waals surface area contributed by atoms with E-state index >= 15 is 0 Å². The van der Waals surface area contributed by atoms with Crippen LogP contribution in [0.1, 0.15) is 22.5 Å². The number of methoxy groups -OCH3 is 1. The van der Waals surface area contributed by atoms with Crippen molar-refractivity contribution in [3.8, 4) is 6.07 Å². The lowest BCUT2D eigenvalue weighted by Gasteiger charge is -1.90. The maximum absolute atomic E-state index is 8.58. The molecule has 0 amide bonds. The molecule has 0 aliphatic rings.